The zero-order valence-corrected chi connectivity index (χ0v) is 17.8. The minimum absolute atomic E-state index is 0.132. The molecule has 0 radical (unpaired) electrons. The number of halogens is 1. The van der Waals surface area contributed by atoms with Gasteiger partial charge >= 0.3 is 0 Å². The van der Waals surface area contributed by atoms with Crippen molar-refractivity contribution >= 4 is 11.8 Å². The highest BCUT2D eigenvalue weighted by molar-refractivity contribution is 5.80. The highest BCUT2D eigenvalue weighted by Crippen LogP contribution is 2.34. The number of hydrogen-bond donors (Lipinski definition) is 0. The van der Waals surface area contributed by atoms with E-state index >= 15 is 0 Å². The van der Waals surface area contributed by atoms with Crippen LogP contribution in [0.5, 0.6) is 0 Å². The molecule has 6 heteroatoms. The predicted octanol–water partition coefficient (Wildman–Crippen LogP) is 5.26. The first-order valence-corrected chi connectivity index (χ1v) is 10.9. The van der Waals surface area contributed by atoms with Crippen molar-refractivity contribution in [1.82, 2.24) is 10.1 Å². The second-order valence-electron chi connectivity index (χ2n) is 7.74. The summed E-state index contributed by atoms with van der Waals surface area (Å²) in [5.41, 5.74) is 2.39. The third-order valence-corrected chi connectivity index (χ3v) is 5.79. The Kier molecular flexibility index (Phi) is 7.29. The summed E-state index contributed by atoms with van der Waals surface area (Å²) >= 11 is 0. The summed E-state index contributed by atoms with van der Waals surface area (Å²) in [5, 5.41) is 4.33. The lowest BCUT2D eigenvalue weighted by Gasteiger charge is -2.27. The third kappa shape index (κ3) is 4.80. The summed E-state index contributed by atoms with van der Waals surface area (Å²) in [6.07, 6.45) is 5.13. The molecule has 1 aromatic heterocycles. The van der Waals surface area contributed by atoms with Gasteiger partial charge in [0.15, 0.2) is 0 Å². The van der Waals surface area contributed by atoms with Crippen LogP contribution in [0.1, 0.15) is 58.4 Å². The molecule has 0 unspecified atom stereocenters. The Hall–Kier alpha value is -2.37. The normalized spacial score (nSPS) is 14.3. The van der Waals surface area contributed by atoms with Gasteiger partial charge in [-0.2, -0.15) is 0 Å². The highest BCUT2D eigenvalue weighted by Gasteiger charge is 2.30. The molecule has 0 N–H and O–H groups in total. The fourth-order valence-electron chi connectivity index (χ4n) is 4.20. The van der Waals surface area contributed by atoms with E-state index in [1.807, 2.05) is 4.90 Å². The standard InChI is InChI=1S/C23H32FN3O2/c1-4-15-27(22(28)18-9-7-8-10-18)16-20-21(17-11-13-19(24)14-12-17)25-29-23(20)26(5-2)6-3/h11-14,18H,4-10,15-16H2,1-3H3. The van der Waals surface area contributed by atoms with Crippen LogP contribution in [0.15, 0.2) is 28.8 Å². The lowest BCUT2D eigenvalue weighted by atomic mass is 10.0. The van der Waals surface area contributed by atoms with Gasteiger partial charge in [0.05, 0.1) is 12.1 Å². The van der Waals surface area contributed by atoms with Crippen molar-refractivity contribution in [2.45, 2.75) is 59.4 Å². The monoisotopic (exact) mass is 401 g/mol. The van der Waals surface area contributed by atoms with E-state index < -0.39 is 0 Å². The molecule has 0 atom stereocenters. The predicted molar refractivity (Wildman–Crippen MR) is 113 cm³/mol. The van der Waals surface area contributed by atoms with Gasteiger partial charge in [-0.15, -0.1) is 0 Å². The lowest BCUT2D eigenvalue weighted by Crippen LogP contribution is -2.36. The summed E-state index contributed by atoms with van der Waals surface area (Å²) in [7, 11) is 0. The molecule has 1 heterocycles. The van der Waals surface area contributed by atoms with Crippen LogP contribution in [0.4, 0.5) is 10.3 Å². The zero-order chi connectivity index (χ0) is 20.8. The molecule has 0 bridgehead atoms. The number of carbonyl (C=O) groups is 1. The molecule has 5 nitrogen and oxygen atoms in total. The van der Waals surface area contributed by atoms with Crippen molar-refractivity contribution in [1.29, 1.82) is 0 Å². The van der Waals surface area contributed by atoms with Gasteiger partial charge in [-0.05, 0) is 57.4 Å². The Bertz CT molecular complexity index is 793. The first kappa shape index (κ1) is 21.3. The quantitative estimate of drug-likeness (QED) is 0.575. The molecule has 1 aliphatic rings. The van der Waals surface area contributed by atoms with E-state index in [9.17, 15) is 9.18 Å². The first-order chi connectivity index (χ1) is 14.1. The Balaban J connectivity index is 1.97. The van der Waals surface area contributed by atoms with Crippen LogP contribution < -0.4 is 4.90 Å². The number of anilines is 1. The Morgan fingerprint density at radius 2 is 1.79 bits per heavy atom. The summed E-state index contributed by atoms with van der Waals surface area (Å²) in [5.74, 6) is 0.787. The van der Waals surface area contributed by atoms with Crippen molar-refractivity contribution in [3.05, 3.63) is 35.6 Å². The summed E-state index contributed by atoms with van der Waals surface area (Å²) in [6.45, 7) is 8.97. The van der Waals surface area contributed by atoms with E-state index in [0.29, 0.717) is 24.7 Å². The first-order valence-electron chi connectivity index (χ1n) is 10.9. The molecule has 1 aliphatic carbocycles. The van der Waals surface area contributed by atoms with Gasteiger partial charge in [0.1, 0.15) is 11.5 Å². The molecular formula is C23H32FN3O2. The van der Waals surface area contributed by atoms with Crippen molar-refractivity contribution < 1.29 is 13.7 Å². The highest BCUT2D eigenvalue weighted by atomic mass is 19.1. The van der Waals surface area contributed by atoms with E-state index in [2.05, 4.69) is 30.8 Å². The van der Waals surface area contributed by atoms with Crippen LogP contribution in [0.2, 0.25) is 0 Å². The Labute approximate surface area is 172 Å². The second-order valence-corrected chi connectivity index (χ2v) is 7.74. The molecule has 0 aliphatic heterocycles. The number of amides is 1. The molecule has 0 spiro atoms. The number of nitrogens with zero attached hydrogens (tertiary/aromatic N) is 3. The topological polar surface area (TPSA) is 49.6 Å². The molecule has 2 aromatic rings. The van der Waals surface area contributed by atoms with Crippen molar-refractivity contribution in [2.75, 3.05) is 24.5 Å². The maximum atomic E-state index is 13.4. The molecule has 1 saturated carbocycles. The summed E-state index contributed by atoms with van der Waals surface area (Å²) in [4.78, 5) is 17.3. The average Bonchev–Trinajstić information content (AvgIpc) is 3.40. The fraction of sp³-hybridized carbons (Fsp3) is 0.565. The number of hydrogen-bond acceptors (Lipinski definition) is 4. The van der Waals surface area contributed by atoms with E-state index in [-0.39, 0.29) is 17.6 Å². The molecule has 0 saturated heterocycles. The van der Waals surface area contributed by atoms with Crippen LogP contribution in [-0.4, -0.2) is 35.6 Å². The minimum Gasteiger partial charge on any atom is -0.341 e. The Morgan fingerprint density at radius 1 is 1.14 bits per heavy atom. The van der Waals surface area contributed by atoms with Gasteiger partial charge in [-0.1, -0.05) is 24.9 Å². The maximum Gasteiger partial charge on any atom is 0.232 e. The summed E-state index contributed by atoms with van der Waals surface area (Å²) < 4.78 is 19.2. The van der Waals surface area contributed by atoms with Crippen LogP contribution >= 0.6 is 0 Å². The maximum absolute atomic E-state index is 13.4. The van der Waals surface area contributed by atoms with Gasteiger partial charge in [0, 0.05) is 31.1 Å². The number of benzene rings is 1. The molecule has 1 fully saturated rings. The molecular weight excluding hydrogens is 369 g/mol. The largest absolute Gasteiger partial charge is 0.341 e. The van der Waals surface area contributed by atoms with Gasteiger partial charge < -0.3 is 14.3 Å². The van der Waals surface area contributed by atoms with Crippen LogP contribution in [-0.2, 0) is 11.3 Å². The molecule has 29 heavy (non-hydrogen) atoms. The second kappa shape index (κ2) is 9.90. The van der Waals surface area contributed by atoms with E-state index in [0.717, 1.165) is 56.3 Å². The number of aromatic nitrogens is 1. The van der Waals surface area contributed by atoms with Crippen LogP contribution in [0.3, 0.4) is 0 Å². The van der Waals surface area contributed by atoms with Gasteiger partial charge in [-0.25, -0.2) is 4.39 Å². The molecule has 1 amide bonds. The van der Waals surface area contributed by atoms with E-state index in [4.69, 9.17) is 4.52 Å². The average molecular weight is 402 g/mol. The Morgan fingerprint density at radius 3 is 2.38 bits per heavy atom. The van der Waals surface area contributed by atoms with Gasteiger partial charge in [-0.3, -0.25) is 4.79 Å². The smallest absolute Gasteiger partial charge is 0.232 e. The van der Waals surface area contributed by atoms with Crippen LogP contribution in [0.25, 0.3) is 11.3 Å². The molecule has 3 rings (SSSR count). The van der Waals surface area contributed by atoms with Crippen LogP contribution in [0, 0.1) is 11.7 Å². The third-order valence-electron chi connectivity index (χ3n) is 5.79. The van der Waals surface area contributed by atoms with Crippen molar-refractivity contribution in [2.24, 2.45) is 5.92 Å². The fourth-order valence-corrected chi connectivity index (χ4v) is 4.20. The number of rotatable bonds is 9. The van der Waals surface area contributed by atoms with E-state index in [1.54, 1.807) is 12.1 Å². The minimum atomic E-state index is -0.285. The summed E-state index contributed by atoms with van der Waals surface area (Å²) in [6, 6.07) is 6.29. The molecule has 1 aromatic carbocycles. The van der Waals surface area contributed by atoms with E-state index in [1.165, 1.54) is 12.1 Å². The van der Waals surface area contributed by atoms with Crippen molar-refractivity contribution in [3.8, 4) is 11.3 Å². The van der Waals surface area contributed by atoms with Gasteiger partial charge in [0.2, 0.25) is 11.8 Å². The zero-order valence-electron chi connectivity index (χ0n) is 17.8. The lowest BCUT2D eigenvalue weighted by molar-refractivity contribution is -0.136. The molecule has 158 valence electrons. The number of carbonyl (C=O) groups excluding carboxylic acids is 1. The van der Waals surface area contributed by atoms with Crippen molar-refractivity contribution in [3.63, 3.8) is 0 Å². The SMILES string of the molecule is CCCN(Cc1c(-c2ccc(F)cc2)noc1N(CC)CC)C(=O)C1CCCC1. The van der Waals surface area contributed by atoms with Gasteiger partial charge in [0.25, 0.3) is 0 Å².